The monoisotopic (exact) mass is 194 g/mol. The molecular formula is C9H19ClO2. The molecule has 0 heterocycles. The van der Waals surface area contributed by atoms with E-state index < -0.39 is 0 Å². The SMILES string of the molecule is CCC(CCl)C(OC)C(C)OC. The summed E-state index contributed by atoms with van der Waals surface area (Å²) in [5.74, 6) is 1.01. The lowest BCUT2D eigenvalue weighted by Gasteiger charge is -2.27. The number of ether oxygens (including phenoxy) is 2. The number of halogens is 1. The summed E-state index contributed by atoms with van der Waals surface area (Å²) >= 11 is 5.81. The Kier molecular flexibility index (Phi) is 6.81. The van der Waals surface area contributed by atoms with Crippen molar-refractivity contribution in [1.29, 1.82) is 0 Å². The molecule has 3 heteroatoms. The third kappa shape index (κ3) is 3.30. The minimum Gasteiger partial charge on any atom is -0.379 e. The van der Waals surface area contributed by atoms with Crippen LogP contribution >= 0.6 is 11.6 Å². The maximum absolute atomic E-state index is 5.81. The van der Waals surface area contributed by atoms with Crippen LogP contribution in [0.25, 0.3) is 0 Å². The summed E-state index contributed by atoms with van der Waals surface area (Å²) in [6, 6.07) is 0. The fraction of sp³-hybridized carbons (Fsp3) is 1.00. The maximum Gasteiger partial charge on any atom is 0.0869 e. The molecule has 0 saturated heterocycles. The van der Waals surface area contributed by atoms with Gasteiger partial charge in [-0.3, -0.25) is 0 Å². The number of rotatable bonds is 6. The van der Waals surface area contributed by atoms with Crippen LogP contribution in [0.15, 0.2) is 0 Å². The maximum atomic E-state index is 5.81. The Balaban J connectivity index is 4.09. The van der Waals surface area contributed by atoms with Crippen LogP contribution in [-0.2, 0) is 9.47 Å². The number of hydrogen-bond acceptors (Lipinski definition) is 2. The van der Waals surface area contributed by atoms with E-state index in [1.165, 1.54) is 0 Å². The molecular weight excluding hydrogens is 176 g/mol. The van der Waals surface area contributed by atoms with Gasteiger partial charge in [-0.15, -0.1) is 11.6 Å². The van der Waals surface area contributed by atoms with Gasteiger partial charge in [-0.25, -0.2) is 0 Å². The van der Waals surface area contributed by atoms with Gasteiger partial charge in [0, 0.05) is 26.0 Å². The quantitative estimate of drug-likeness (QED) is 0.605. The van der Waals surface area contributed by atoms with Gasteiger partial charge in [0.1, 0.15) is 0 Å². The molecule has 0 N–H and O–H groups in total. The third-order valence-corrected chi connectivity index (χ3v) is 2.69. The molecule has 0 aromatic rings. The normalized spacial score (nSPS) is 18.8. The Morgan fingerprint density at radius 3 is 2.08 bits per heavy atom. The van der Waals surface area contributed by atoms with Crippen molar-refractivity contribution in [3.8, 4) is 0 Å². The van der Waals surface area contributed by atoms with Crippen molar-refractivity contribution in [2.45, 2.75) is 32.5 Å². The Morgan fingerprint density at radius 2 is 1.83 bits per heavy atom. The summed E-state index contributed by atoms with van der Waals surface area (Å²) in [7, 11) is 3.40. The zero-order valence-electron chi connectivity index (χ0n) is 8.34. The molecule has 0 aliphatic carbocycles. The number of hydrogen-bond donors (Lipinski definition) is 0. The van der Waals surface area contributed by atoms with Gasteiger partial charge in [0.15, 0.2) is 0 Å². The number of methoxy groups -OCH3 is 2. The molecule has 12 heavy (non-hydrogen) atoms. The second-order valence-corrected chi connectivity index (χ2v) is 3.27. The molecule has 0 radical (unpaired) electrons. The molecule has 0 bridgehead atoms. The number of alkyl halides is 1. The van der Waals surface area contributed by atoms with Crippen LogP contribution in [0.4, 0.5) is 0 Å². The minimum atomic E-state index is 0.109. The van der Waals surface area contributed by atoms with Gasteiger partial charge in [-0.05, 0) is 13.3 Å². The van der Waals surface area contributed by atoms with E-state index >= 15 is 0 Å². The van der Waals surface area contributed by atoms with E-state index in [1.54, 1.807) is 14.2 Å². The second kappa shape index (κ2) is 6.70. The lowest BCUT2D eigenvalue weighted by atomic mass is 9.98. The van der Waals surface area contributed by atoms with E-state index in [1.807, 2.05) is 6.92 Å². The highest BCUT2D eigenvalue weighted by Gasteiger charge is 2.24. The average Bonchev–Trinajstić information content (AvgIpc) is 2.12. The van der Waals surface area contributed by atoms with Crippen LogP contribution in [0.2, 0.25) is 0 Å². The molecule has 3 unspecified atom stereocenters. The summed E-state index contributed by atoms with van der Waals surface area (Å²) in [5, 5.41) is 0. The van der Waals surface area contributed by atoms with E-state index in [2.05, 4.69) is 6.92 Å². The van der Waals surface area contributed by atoms with Gasteiger partial charge in [0.25, 0.3) is 0 Å². The average molecular weight is 195 g/mol. The first-order valence-electron chi connectivity index (χ1n) is 4.32. The van der Waals surface area contributed by atoms with E-state index in [9.17, 15) is 0 Å². The van der Waals surface area contributed by atoms with Gasteiger partial charge in [-0.1, -0.05) is 6.92 Å². The summed E-state index contributed by atoms with van der Waals surface area (Å²) in [4.78, 5) is 0. The van der Waals surface area contributed by atoms with Crippen LogP contribution in [0.1, 0.15) is 20.3 Å². The van der Waals surface area contributed by atoms with Crippen molar-refractivity contribution >= 4 is 11.6 Å². The predicted octanol–water partition coefficient (Wildman–Crippen LogP) is 2.30. The molecule has 0 saturated carbocycles. The van der Waals surface area contributed by atoms with E-state index in [-0.39, 0.29) is 12.2 Å². The van der Waals surface area contributed by atoms with Crippen molar-refractivity contribution < 1.29 is 9.47 Å². The highest BCUT2D eigenvalue weighted by atomic mass is 35.5. The Morgan fingerprint density at radius 1 is 1.25 bits per heavy atom. The van der Waals surface area contributed by atoms with Gasteiger partial charge >= 0.3 is 0 Å². The zero-order chi connectivity index (χ0) is 9.56. The summed E-state index contributed by atoms with van der Waals surface area (Å²) in [5.41, 5.74) is 0. The molecule has 0 aromatic heterocycles. The van der Waals surface area contributed by atoms with Gasteiger partial charge in [-0.2, -0.15) is 0 Å². The van der Waals surface area contributed by atoms with Gasteiger partial charge < -0.3 is 9.47 Å². The minimum absolute atomic E-state index is 0.109. The first-order chi connectivity index (χ1) is 5.71. The molecule has 0 amide bonds. The van der Waals surface area contributed by atoms with Crippen LogP contribution in [-0.4, -0.2) is 32.3 Å². The standard InChI is InChI=1S/C9H19ClO2/c1-5-8(6-10)9(12-4)7(2)11-3/h7-9H,5-6H2,1-4H3. The highest BCUT2D eigenvalue weighted by molar-refractivity contribution is 6.18. The Hall–Kier alpha value is 0.210. The molecule has 2 nitrogen and oxygen atoms in total. The first-order valence-corrected chi connectivity index (χ1v) is 4.86. The lowest BCUT2D eigenvalue weighted by molar-refractivity contribution is -0.0523. The third-order valence-electron chi connectivity index (χ3n) is 2.29. The molecule has 3 atom stereocenters. The smallest absolute Gasteiger partial charge is 0.0869 e. The Labute approximate surface area is 80.2 Å². The zero-order valence-corrected chi connectivity index (χ0v) is 9.10. The predicted molar refractivity (Wildman–Crippen MR) is 51.8 cm³/mol. The van der Waals surface area contributed by atoms with Crippen molar-refractivity contribution in [2.75, 3.05) is 20.1 Å². The van der Waals surface area contributed by atoms with Crippen molar-refractivity contribution in [2.24, 2.45) is 5.92 Å². The molecule has 0 aliphatic rings. The van der Waals surface area contributed by atoms with Crippen LogP contribution in [0.5, 0.6) is 0 Å². The molecule has 0 spiro atoms. The van der Waals surface area contributed by atoms with E-state index in [0.29, 0.717) is 11.8 Å². The highest BCUT2D eigenvalue weighted by Crippen LogP contribution is 2.18. The van der Waals surface area contributed by atoms with E-state index in [4.69, 9.17) is 21.1 Å². The largest absolute Gasteiger partial charge is 0.379 e. The van der Waals surface area contributed by atoms with Crippen molar-refractivity contribution in [3.63, 3.8) is 0 Å². The van der Waals surface area contributed by atoms with E-state index in [0.717, 1.165) is 6.42 Å². The fourth-order valence-electron chi connectivity index (χ4n) is 1.33. The molecule has 0 aromatic carbocycles. The summed E-state index contributed by atoms with van der Waals surface area (Å²) in [6.07, 6.45) is 1.24. The van der Waals surface area contributed by atoms with Crippen molar-refractivity contribution in [3.05, 3.63) is 0 Å². The molecule has 0 fully saturated rings. The molecule has 0 aliphatic heterocycles. The lowest BCUT2D eigenvalue weighted by Crippen LogP contribution is -2.35. The second-order valence-electron chi connectivity index (χ2n) is 2.96. The molecule has 74 valence electrons. The first kappa shape index (κ1) is 12.2. The fourth-order valence-corrected chi connectivity index (χ4v) is 1.72. The van der Waals surface area contributed by atoms with Crippen LogP contribution in [0, 0.1) is 5.92 Å². The summed E-state index contributed by atoms with van der Waals surface area (Å²) < 4.78 is 10.5. The summed E-state index contributed by atoms with van der Waals surface area (Å²) in [6.45, 7) is 4.12. The van der Waals surface area contributed by atoms with Crippen molar-refractivity contribution in [1.82, 2.24) is 0 Å². The Bertz CT molecular complexity index is 105. The topological polar surface area (TPSA) is 18.5 Å². The molecule has 0 rings (SSSR count). The van der Waals surface area contributed by atoms with Gasteiger partial charge in [0.2, 0.25) is 0 Å². The van der Waals surface area contributed by atoms with Crippen LogP contribution < -0.4 is 0 Å². The van der Waals surface area contributed by atoms with Gasteiger partial charge in [0.05, 0.1) is 12.2 Å². The van der Waals surface area contributed by atoms with Crippen LogP contribution in [0.3, 0.4) is 0 Å².